The van der Waals surface area contributed by atoms with Crippen LogP contribution in [0.2, 0.25) is 0 Å². The molecule has 1 N–H and O–H groups in total. The normalized spacial score (nSPS) is 22.8. The number of amides is 3. The van der Waals surface area contributed by atoms with Crippen molar-refractivity contribution in [1.82, 2.24) is 44.1 Å². The summed E-state index contributed by atoms with van der Waals surface area (Å²) in [4.78, 5) is 76.0. The molecule has 0 spiro atoms. The zero-order valence-electron chi connectivity index (χ0n) is 49.2. The van der Waals surface area contributed by atoms with Crippen LogP contribution in [0, 0.1) is 41.5 Å². The number of pyridine rings is 1. The van der Waals surface area contributed by atoms with Crippen LogP contribution in [-0.4, -0.2) is 173 Å². The highest BCUT2D eigenvalue weighted by Crippen LogP contribution is 2.42. The Kier molecular flexibility index (Phi) is 16.1. The number of benzene rings is 3. The molecule has 2 bridgehead atoms. The van der Waals surface area contributed by atoms with E-state index in [-0.39, 0.29) is 113 Å². The number of carbonyl (C=O) groups excluding carboxylic acids is 3. The van der Waals surface area contributed by atoms with E-state index in [1.165, 1.54) is 26.4 Å². The first-order valence-electron chi connectivity index (χ1n) is 29.6. The molecule has 0 radical (unpaired) electrons. The Morgan fingerprint density at radius 1 is 0.837 bits per heavy atom. The molecule has 6 aromatic rings. The third-order valence-electron chi connectivity index (χ3n) is 18.0. The fraction of sp³-hybridized carbons (Fsp3) is 0.532. The molecule has 6 fully saturated rings. The maximum atomic E-state index is 17.7. The summed E-state index contributed by atoms with van der Waals surface area (Å²) in [6, 6.07) is 5.49. The Morgan fingerprint density at radius 2 is 1.58 bits per heavy atom. The summed E-state index contributed by atoms with van der Waals surface area (Å²) >= 11 is 0. The summed E-state index contributed by atoms with van der Waals surface area (Å²) in [6.07, 6.45) is 12.4. The summed E-state index contributed by atoms with van der Waals surface area (Å²) in [5, 5.41) is 3.30. The van der Waals surface area contributed by atoms with Gasteiger partial charge in [-0.3, -0.25) is 38.8 Å². The lowest BCUT2D eigenvalue weighted by molar-refractivity contribution is -0.135. The summed E-state index contributed by atoms with van der Waals surface area (Å²) < 4.78 is 97.5. The number of hydrogen-bond donors (Lipinski definition) is 1. The van der Waals surface area contributed by atoms with Gasteiger partial charge in [0.1, 0.15) is 57.9 Å². The number of terminal acetylenes is 1. The number of fused-ring (bicyclic) bond motifs is 5. The molecule has 0 aliphatic carbocycles. The third kappa shape index (κ3) is 11.3. The van der Waals surface area contributed by atoms with Crippen molar-refractivity contribution in [3.05, 3.63) is 75.8 Å². The lowest BCUT2D eigenvalue weighted by atomic mass is 9.94. The number of piperazine rings is 1. The van der Waals surface area contributed by atoms with E-state index in [2.05, 4.69) is 26.0 Å². The molecular weight excluding hydrogens is 1120 g/mol. The molecule has 456 valence electrons. The predicted octanol–water partition coefficient (Wildman–Crippen LogP) is 7.43. The highest BCUT2D eigenvalue weighted by atomic mass is 19.1. The van der Waals surface area contributed by atoms with Crippen molar-refractivity contribution in [2.75, 3.05) is 89.7 Å². The van der Waals surface area contributed by atoms with Gasteiger partial charge in [-0.1, -0.05) is 12.0 Å². The molecule has 3 aromatic carbocycles. The molecule has 6 aliphatic rings. The summed E-state index contributed by atoms with van der Waals surface area (Å²) in [5.74, 6) is -0.672. The van der Waals surface area contributed by atoms with Gasteiger partial charge in [0.05, 0.1) is 40.9 Å². The average molecular weight is 1190 g/mol. The smallest absolute Gasteiger partial charge is 0.410 e. The number of likely N-dealkylation sites (tertiary alicyclic amines) is 2. The molecule has 5 atom stereocenters. The quantitative estimate of drug-likeness (QED) is 0.0490. The maximum absolute atomic E-state index is 17.7. The summed E-state index contributed by atoms with van der Waals surface area (Å²) in [5.41, 5.74) is -1.92. The Bertz CT molecular complexity index is 3740. The number of anilines is 2. The minimum Gasteiger partial charge on any atom is -0.468 e. The number of hydrogen-bond acceptors (Lipinski definition) is 16. The molecule has 12 rings (SSSR count). The van der Waals surface area contributed by atoms with Crippen LogP contribution in [0.5, 0.6) is 11.8 Å². The number of likely N-dealkylation sites (N-methyl/N-ethyl adjacent to an activating group) is 1. The highest BCUT2D eigenvalue weighted by molar-refractivity contribution is 6.03. The van der Waals surface area contributed by atoms with Gasteiger partial charge in [0, 0.05) is 102 Å². The maximum Gasteiger partial charge on any atom is 0.410 e. The van der Waals surface area contributed by atoms with Crippen LogP contribution in [0.15, 0.2) is 41.3 Å². The number of aromatic nitrogens is 5. The molecule has 86 heavy (non-hydrogen) atoms. The fourth-order valence-corrected chi connectivity index (χ4v) is 13.8. The number of imide groups is 1. The molecule has 3 aromatic heterocycles. The first-order chi connectivity index (χ1) is 41.2. The second-order valence-electron chi connectivity index (χ2n) is 24.8. The number of aryl methyl sites for hydroxylation is 1. The van der Waals surface area contributed by atoms with Crippen LogP contribution in [0.25, 0.3) is 44.0 Å². The van der Waals surface area contributed by atoms with E-state index < -0.39 is 52.4 Å². The molecular formula is C62H71F4N11O9. The number of methoxy groups -OCH3 is 1. The second kappa shape index (κ2) is 23.6. The Balaban J connectivity index is 0.704. The number of halogens is 4. The Hall–Kier alpha value is -7.59. The molecule has 9 heterocycles. The zero-order chi connectivity index (χ0) is 60.5. The van der Waals surface area contributed by atoms with Crippen molar-refractivity contribution in [2.24, 2.45) is 13.0 Å². The third-order valence-corrected chi connectivity index (χ3v) is 18.0. The molecule has 3 amide bonds. The van der Waals surface area contributed by atoms with Gasteiger partial charge in [-0.25, -0.2) is 27.2 Å². The number of rotatable bonds is 14. The number of ether oxygens (including phenoxy) is 5. The second-order valence-corrected chi connectivity index (χ2v) is 24.8. The largest absolute Gasteiger partial charge is 0.468 e. The van der Waals surface area contributed by atoms with Crippen LogP contribution < -0.4 is 30.3 Å². The average Bonchev–Trinajstić information content (AvgIpc) is 1.47. The number of imidazole rings is 1. The van der Waals surface area contributed by atoms with Crippen LogP contribution in [-0.2, 0) is 30.8 Å². The van der Waals surface area contributed by atoms with Crippen molar-refractivity contribution in [1.29, 1.82) is 0 Å². The number of piperidine rings is 3. The van der Waals surface area contributed by atoms with E-state index in [0.29, 0.717) is 67.4 Å². The molecule has 6 saturated heterocycles. The monoisotopic (exact) mass is 1190 g/mol. The first-order valence-corrected chi connectivity index (χ1v) is 29.6. The molecule has 0 saturated carbocycles. The van der Waals surface area contributed by atoms with Crippen LogP contribution in [0.4, 0.5) is 33.9 Å². The van der Waals surface area contributed by atoms with Gasteiger partial charge >= 0.3 is 17.8 Å². The predicted molar refractivity (Wildman–Crippen MR) is 312 cm³/mol. The fourth-order valence-electron chi connectivity index (χ4n) is 13.8. The summed E-state index contributed by atoms with van der Waals surface area (Å²) in [6.45, 7) is 10.6. The van der Waals surface area contributed by atoms with Gasteiger partial charge in [-0.2, -0.15) is 9.97 Å². The number of nitrogens with zero attached hydrogens (tertiary/aromatic N) is 10. The van der Waals surface area contributed by atoms with Gasteiger partial charge in [0.15, 0.2) is 24.2 Å². The van der Waals surface area contributed by atoms with Gasteiger partial charge < -0.3 is 38.4 Å². The van der Waals surface area contributed by atoms with Gasteiger partial charge in [-0.05, 0) is 109 Å². The Morgan fingerprint density at radius 3 is 2.28 bits per heavy atom. The molecule has 3 unspecified atom stereocenters. The van der Waals surface area contributed by atoms with E-state index in [1.54, 1.807) is 18.2 Å². The van der Waals surface area contributed by atoms with Crippen molar-refractivity contribution in [2.45, 2.75) is 121 Å². The van der Waals surface area contributed by atoms with E-state index in [0.717, 1.165) is 73.4 Å². The van der Waals surface area contributed by atoms with E-state index >= 15 is 17.6 Å². The SMILES string of the molecule is C#Cc1c(F)ccc2cc(OCOC)cc(-c3ncc4c(N5CC6CCC(C5)N6C(=O)OC(C)(C)C)nc(OC[C@@H]5C[C@@H](OC6CCN(CC7CCN(c8cc(F)c9c(c8F)n(C)c(=O)n9C8CCC(=O)NC8=O)CC7)CC6)CN5C)nc4c3F)c12. The molecule has 24 heteroatoms. The first kappa shape index (κ1) is 58.8. The van der Waals surface area contributed by atoms with Gasteiger partial charge in [0.2, 0.25) is 11.8 Å². The number of carbonyl (C=O) groups is 3. The highest BCUT2D eigenvalue weighted by Gasteiger charge is 2.46. The van der Waals surface area contributed by atoms with E-state index in [1.807, 2.05) is 42.5 Å². The van der Waals surface area contributed by atoms with Crippen LogP contribution in [0.3, 0.4) is 0 Å². The number of nitrogens with one attached hydrogen (secondary N) is 1. The van der Waals surface area contributed by atoms with Crippen molar-refractivity contribution >= 4 is 62.1 Å². The minimum absolute atomic E-state index is 0.00887. The van der Waals surface area contributed by atoms with Crippen LogP contribution >= 0.6 is 0 Å². The van der Waals surface area contributed by atoms with Crippen molar-refractivity contribution in [3.63, 3.8) is 0 Å². The van der Waals surface area contributed by atoms with Crippen molar-refractivity contribution < 1.29 is 55.6 Å². The lowest BCUT2D eigenvalue weighted by Crippen LogP contribution is -2.57. The van der Waals surface area contributed by atoms with Gasteiger partial charge in [0.25, 0.3) is 0 Å². The van der Waals surface area contributed by atoms with Crippen molar-refractivity contribution in [3.8, 4) is 35.4 Å². The standard InChI is InChI=1S/C62H71F4N11O9/c1-8-42-45(63)12-9-35-23-40(84-33-82-7)25-43(50(35)42)53-52(66)54-44(27-67-53)57(75-29-36-10-11-37(30-75)76(36)61(81)86-62(2,3)4)70-59(69-54)83-32-38-24-41(31-71(38)5)85-39-17-19-73(20-18-39)28-34-15-21-74(22-16-34)48-26-46(64)55-56(51(48)65)72(6)60(80)77(55)47-13-14-49(78)68-58(47)79/h1,9,12,23,25-27,34,36-39,41,47H,10-11,13-22,24,28-33H2,2-7H3,(H,68,78,79)/t36?,37?,38-,41+,47?/m0/s1. The van der Waals surface area contributed by atoms with Gasteiger partial charge in [-0.15, -0.1) is 6.42 Å². The van der Waals surface area contributed by atoms with Crippen LogP contribution in [0.1, 0.15) is 90.2 Å². The Labute approximate surface area is 494 Å². The lowest BCUT2D eigenvalue weighted by Gasteiger charge is -2.42. The zero-order valence-corrected chi connectivity index (χ0v) is 49.2. The molecule has 20 nitrogen and oxygen atoms in total. The topological polar surface area (TPSA) is 191 Å². The molecule has 6 aliphatic heterocycles. The summed E-state index contributed by atoms with van der Waals surface area (Å²) in [7, 11) is 4.85. The minimum atomic E-state index is -1.13. The van der Waals surface area contributed by atoms with E-state index in [9.17, 15) is 19.2 Å². The van der Waals surface area contributed by atoms with E-state index in [4.69, 9.17) is 40.1 Å².